The van der Waals surface area contributed by atoms with Gasteiger partial charge in [-0.3, -0.25) is 0 Å². The van der Waals surface area contributed by atoms with Gasteiger partial charge < -0.3 is 9.84 Å². The summed E-state index contributed by atoms with van der Waals surface area (Å²) in [4.78, 5) is 0. The number of ether oxygens (including phenoxy) is 1. The molecule has 0 spiro atoms. The zero-order chi connectivity index (χ0) is 14.9. The molecule has 0 bridgehead atoms. The average molecular weight is 360 g/mol. The van der Waals surface area contributed by atoms with E-state index in [-0.39, 0.29) is 5.56 Å². The van der Waals surface area contributed by atoms with Gasteiger partial charge in [-0.1, -0.05) is 23.7 Å². The van der Waals surface area contributed by atoms with Crippen LogP contribution in [0.2, 0.25) is 5.02 Å². The third kappa shape index (κ3) is 2.97. The van der Waals surface area contributed by atoms with Crippen LogP contribution in [0.4, 0.5) is 4.39 Å². The Hall–Kier alpha value is -1.10. The molecular formula is C15H13BrClFO2. The van der Waals surface area contributed by atoms with Crippen molar-refractivity contribution in [2.24, 2.45) is 0 Å². The van der Waals surface area contributed by atoms with Gasteiger partial charge in [-0.05, 0) is 46.6 Å². The first kappa shape index (κ1) is 15.3. The Balaban J connectivity index is 2.55. The third-order valence-corrected chi connectivity index (χ3v) is 3.79. The molecule has 1 atom stereocenters. The summed E-state index contributed by atoms with van der Waals surface area (Å²) in [7, 11) is 1.48. The second-order valence-electron chi connectivity index (χ2n) is 4.44. The van der Waals surface area contributed by atoms with E-state index in [1.54, 1.807) is 31.2 Å². The Labute approximate surface area is 130 Å². The Bertz CT molecular complexity index is 646. The number of halogens is 3. The molecule has 2 rings (SSSR count). The van der Waals surface area contributed by atoms with Crippen LogP contribution in [-0.4, -0.2) is 12.2 Å². The molecule has 0 heterocycles. The average Bonchev–Trinajstić information content (AvgIpc) is 2.37. The van der Waals surface area contributed by atoms with Crippen LogP contribution in [0.5, 0.6) is 5.75 Å². The molecule has 20 heavy (non-hydrogen) atoms. The second-order valence-corrected chi connectivity index (χ2v) is 5.73. The molecule has 0 fully saturated rings. The summed E-state index contributed by atoms with van der Waals surface area (Å²) in [6.45, 7) is 1.79. The SMILES string of the molecule is COc1c(Br)cc(Cl)cc1C(O)c1ccc(C)cc1F. The Kier molecular flexibility index (Phi) is 4.68. The van der Waals surface area contributed by atoms with Gasteiger partial charge in [0, 0.05) is 16.1 Å². The van der Waals surface area contributed by atoms with E-state index in [0.717, 1.165) is 5.56 Å². The molecule has 0 amide bonds. The van der Waals surface area contributed by atoms with Crippen molar-refractivity contribution in [3.8, 4) is 5.75 Å². The Morgan fingerprint density at radius 1 is 1.25 bits per heavy atom. The monoisotopic (exact) mass is 358 g/mol. The van der Waals surface area contributed by atoms with E-state index >= 15 is 0 Å². The third-order valence-electron chi connectivity index (χ3n) is 2.99. The highest BCUT2D eigenvalue weighted by Crippen LogP contribution is 2.38. The highest BCUT2D eigenvalue weighted by molar-refractivity contribution is 9.10. The molecule has 2 aromatic rings. The van der Waals surface area contributed by atoms with Crippen molar-refractivity contribution in [3.63, 3.8) is 0 Å². The fraction of sp³-hybridized carbons (Fsp3) is 0.200. The van der Waals surface area contributed by atoms with Crippen molar-refractivity contribution in [2.45, 2.75) is 13.0 Å². The van der Waals surface area contributed by atoms with Gasteiger partial charge >= 0.3 is 0 Å². The lowest BCUT2D eigenvalue weighted by Crippen LogP contribution is -2.05. The second kappa shape index (κ2) is 6.12. The van der Waals surface area contributed by atoms with Crippen LogP contribution < -0.4 is 4.74 Å². The molecule has 1 N–H and O–H groups in total. The van der Waals surface area contributed by atoms with E-state index in [2.05, 4.69) is 15.9 Å². The van der Waals surface area contributed by atoms with Crippen LogP contribution in [0.25, 0.3) is 0 Å². The summed E-state index contributed by atoms with van der Waals surface area (Å²) in [5.74, 6) is -0.0301. The smallest absolute Gasteiger partial charge is 0.139 e. The van der Waals surface area contributed by atoms with Gasteiger partial charge in [0.05, 0.1) is 11.6 Å². The van der Waals surface area contributed by atoms with Gasteiger partial charge in [0.25, 0.3) is 0 Å². The van der Waals surface area contributed by atoms with E-state index < -0.39 is 11.9 Å². The van der Waals surface area contributed by atoms with Gasteiger partial charge in [-0.25, -0.2) is 4.39 Å². The molecule has 5 heteroatoms. The number of hydrogen-bond acceptors (Lipinski definition) is 2. The molecule has 1 unspecified atom stereocenters. The lowest BCUT2D eigenvalue weighted by Gasteiger charge is -2.17. The van der Waals surface area contributed by atoms with Crippen LogP contribution in [-0.2, 0) is 0 Å². The summed E-state index contributed by atoms with van der Waals surface area (Å²) in [5.41, 5.74) is 1.38. The maximum Gasteiger partial charge on any atom is 0.139 e. The van der Waals surface area contributed by atoms with Crippen LogP contribution >= 0.6 is 27.5 Å². The normalized spacial score (nSPS) is 12.3. The zero-order valence-corrected chi connectivity index (χ0v) is 13.3. The molecule has 2 nitrogen and oxygen atoms in total. The fourth-order valence-electron chi connectivity index (χ4n) is 2.02. The first-order chi connectivity index (χ1) is 9.43. The Morgan fingerprint density at radius 2 is 1.95 bits per heavy atom. The maximum atomic E-state index is 14.0. The molecule has 0 aliphatic rings. The molecule has 0 saturated carbocycles. The quantitative estimate of drug-likeness (QED) is 0.865. The summed E-state index contributed by atoms with van der Waals surface area (Å²) in [6, 6.07) is 7.90. The van der Waals surface area contributed by atoms with Gasteiger partial charge in [-0.2, -0.15) is 0 Å². The van der Waals surface area contributed by atoms with E-state index in [0.29, 0.717) is 20.8 Å². The lowest BCUT2D eigenvalue weighted by molar-refractivity contribution is 0.209. The van der Waals surface area contributed by atoms with E-state index in [9.17, 15) is 9.50 Å². The maximum absolute atomic E-state index is 14.0. The van der Waals surface area contributed by atoms with Crippen molar-refractivity contribution >= 4 is 27.5 Å². The van der Waals surface area contributed by atoms with Crippen LogP contribution in [0.3, 0.4) is 0 Å². The summed E-state index contributed by atoms with van der Waals surface area (Å²) >= 11 is 9.30. The summed E-state index contributed by atoms with van der Waals surface area (Å²) < 4.78 is 19.8. The van der Waals surface area contributed by atoms with Gasteiger partial charge in [-0.15, -0.1) is 0 Å². The molecule has 0 aliphatic heterocycles. The van der Waals surface area contributed by atoms with Crippen molar-refractivity contribution in [1.29, 1.82) is 0 Å². The van der Waals surface area contributed by atoms with Crippen LogP contribution in [0, 0.1) is 12.7 Å². The zero-order valence-electron chi connectivity index (χ0n) is 11.0. The number of benzene rings is 2. The number of rotatable bonds is 3. The molecule has 0 saturated heterocycles. The van der Waals surface area contributed by atoms with E-state index in [1.165, 1.54) is 13.2 Å². The molecule has 106 valence electrons. The molecule has 0 aliphatic carbocycles. The fourth-order valence-corrected chi connectivity index (χ4v) is 3.02. The minimum Gasteiger partial charge on any atom is -0.495 e. The summed E-state index contributed by atoms with van der Waals surface area (Å²) in [5, 5.41) is 10.9. The van der Waals surface area contributed by atoms with Crippen molar-refractivity contribution in [3.05, 3.63) is 62.3 Å². The van der Waals surface area contributed by atoms with Crippen molar-refractivity contribution in [2.75, 3.05) is 7.11 Å². The highest BCUT2D eigenvalue weighted by atomic mass is 79.9. The predicted octanol–water partition coefficient (Wildman–Crippen LogP) is 4.64. The van der Waals surface area contributed by atoms with Crippen molar-refractivity contribution < 1.29 is 14.2 Å². The van der Waals surface area contributed by atoms with Gasteiger partial charge in [0.2, 0.25) is 0 Å². The minimum absolute atomic E-state index is 0.183. The lowest BCUT2D eigenvalue weighted by atomic mass is 9.99. The number of methoxy groups -OCH3 is 1. The van der Waals surface area contributed by atoms with E-state index in [4.69, 9.17) is 16.3 Å². The standard InChI is InChI=1S/C15H13BrClFO2/c1-8-3-4-10(13(18)5-8)14(19)11-6-9(17)7-12(16)15(11)20-2/h3-7,14,19H,1-2H3. The minimum atomic E-state index is -1.15. The molecular weight excluding hydrogens is 347 g/mol. The van der Waals surface area contributed by atoms with Crippen LogP contribution in [0.15, 0.2) is 34.8 Å². The van der Waals surface area contributed by atoms with E-state index in [1.807, 2.05) is 0 Å². The largest absolute Gasteiger partial charge is 0.495 e. The topological polar surface area (TPSA) is 29.5 Å². The van der Waals surface area contributed by atoms with Crippen LogP contribution in [0.1, 0.15) is 22.8 Å². The summed E-state index contributed by atoms with van der Waals surface area (Å²) in [6.07, 6.45) is -1.15. The number of aliphatic hydroxyl groups is 1. The number of hydrogen-bond donors (Lipinski definition) is 1. The highest BCUT2D eigenvalue weighted by Gasteiger charge is 2.21. The first-order valence-electron chi connectivity index (χ1n) is 5.91. The van der Waals surface area contributed by atoms with Crippen molar-refractivity contribution in [1.82, 2.24) is 0 Å². The molecule has 2 aromatic carbocycles. The molecule has 0 aromatic heterocycles. The predicted molar refractivity (Wildman–Crippen MR) is 80.9 cm³/mol. The first-order valence-corrected chi connectivity index (χ1v) is 7.08. The molecule has 0 radical (unpaired) electrons. The Morgan fingerprint density at radius 3 is 2.55 bits per heavy atom. The van der Waals surface area contributed by atoms with Gasteiger partial charge in [0.15, 0.2) is 0 Å². The number of aryl methyl sites for hydroxylation is 1. The number of aliphatic hydroxyl groups excluding tert-OH is 1. The van der Waals surface area contributed by atoms with Gasteiger partial charge in [0.1, 0.15) is 17.7 Å².